The number of rotatable bonds is 6. The standard InChI is InChI=1S/3C39H27NS/c1-39(2)31-15-6-3-10-27(31)28-14-9-13-26(38(28)39)24-18-20-25(21-19-24)40-32-16-7-4-11-29(32)36-33(40)22-23-35-37(36)30-12-5-8-17-34(30)41-35;1-39(2)32-12-6-3-9-27(32)31-23-25(17-21-33(31)39)24-15-18-26(19-16-24)40-34-13-7-4-10-28(34)29-20-22-36-37(38(29)40)30-11-5-8-14-35(30)41-36;1-39(2)33-12-6-3-9-27(33)30-21-25(17-20-34(30)39)24-15-18-26(19-16-24)40-35-13-7-4-10-28(35)31-22-32-29-11-5-8-14-37(29)41-38(32)23-36(31)40/h3*3-23H,1-2H3. The first-order chi connectivity index (χ1) is 60.3. The third-order valence-electron chi connectivity index (χ3n) is 27.6. The fraction of sp³-hybridized carbons (Fsp3) is 0.0769. The second-order valence-electron chi connectivity index (χ2n) is 35.3. The Labute approximate surface area is 725 Å². The zero-order valence-corrected chi connectivity index (χ0v) is 71.4. The van der Waals surface area contributed by atoms with Gasteiger partial charge in [-0.15, -0.1) is 34.0 Å². The molecule has 3 aliphatic carbocycles. The first-order valence-corrected chi connectivity index (χ1v) is 45.3. The molecule has 6 heteroatoms. The van der Waals surface area contributed by atoms with Crippen molar-refractivity contribution in [1.82, 2.24) is 13.7 Å². The highest BCUT2D eigenvalue weighted by Crippen LogP contribution is 2.56. The van der Waals surface area contributed by atoms with Gasteiger partial charge in [-0.3, -0.25) is 0 Å². The quantitative estimate of drug-likeness (QED) is 0.158. The fourth-order valence-corrected chi connectivity index (χ4v) is 25.2. The summed E-state index contributed by atoms with van der Waals surface area (Å²) in [6.45, 7) is 14.1. The molecule has 3 nitrogen and oxygen atoms in total. The molecule has 0 aliphatic heterocycles. The summed E-state index contributed by atoms with van der Waals surface area (Å²) in [5.41, 5.74) is 35.4. The molecule has 6 heterocycles. The Hall–Kier alpha value is -14.0. The Morgan fingerprint density at radius 3 is 1.16 bits per heavy atom. The number of aromatic nitrogens is 3. The summed E-state index contributed by atoms with van der Waals surface area (Å²) in [5, 5.41) is 15.9. The molecule has 6 aromatic heterocycles. The number of thiophene rings is 3. The van der Waals surface area contributed by atoms with Gasteiger partial charge in [0.15, 0.2) is 0 Å². The molecule has 0 amide bonds. The zero-order chi connectivity index (χ0) is 81.9. The van der Waals surface area contributed by atoms with E-state index in [1.165, 1.54) is 243 Å². The molecule has 0 spiro atoms. The van der Waals surface area contributed by atoms with Crippen molar-refractivity contribution in [3.8, 4) is 83.8 Å². The van der Waals surface area contributed by atoms with Crippen molar-refractivity contribution >= 4 is 160 Å². The van der Waals surface area contributed by atoms with E-state index >= 15 is 0 Å². The van der Waals surface area contributed by atoms with Crippen LogP contribution in [0, 0.1) is 0 Å². The van der Waals surface area contributed by atoms with Crippen molar-refractivity contribution in [3.63, 3.8) is 0 Å². The molecule has 0 fully saturated rings. The average molecular weight is 1630 g/mol. The molecule has 0 atom stereocenters. The number of hydrogen-bond donors (Lipinski definition) is 0. The normalized spacial score (nSPS) is 13.8. The maximum absolute atomic E-state index is 2.47. The summed E-state index contributed by atoms with van der Waals surface area (Å²) < 4.78 is 15.4. The van der Waals surface area contributed by atoms with E-state index in [0.717, 1.165) is 0 Å². The molecule has 24 aromatic rings. The molecule has 582 valence electrons. The third kappa shape index (κ3) is 10.7. The maximum atomic E-state index is 2.47. The van der Waals surface area contributed by atoms with Gasteiger partial charge >= 0.3 is 0 Å². The van der Waals surface area contributed by atoms with E-state index in [1.54, 1.807) is 0 Å². The highest BCUT2D eigenvalue weighted by atomic mass is 32.1. The zero-order valence-electron chi connectivity index (χ0n) is 68.9. The minimum Gasteiger partial charge on any atom is -0.309 e. The van der Waals surface area contributed by atoms with Crippen LogP contribution in [0.25, 0.3) is 210 Å². The van der Waals surface area contributed by atoms with E-state index in [4.69, 9.17) is 0 Å². The van der Waals surface area contributed by atoms with Gasteiger partial charge < -0.3 is 13.7 Å². The number of benzene rings is 18. The molecule has 0 bridgehead atoms. The van der Waals surface area contributed by atoms with Gasteiger partial charge in [0.25, 0.3) is 0 Å². The minimum atomic E-state index is -0.0390. The van der Waals surface area contributed by atoms with E-state index in [1.807, 2.05) is 34.0 Å². The van der Waals surface area contributed by atoms with Crippen molar-refractivity contribution in [2.24, 2.45) is 0 Å². The predicted octanol–water partition coefficient (Wildman–Crippen LogP) is 33.4. The summed E-state index contributed by atoms with van der Waals surface area (Å²) >= 11 is 5.65. The Morgan fingerprint density at radius 1 is 0.187 bits per heavy atom. The lowest BCUT2D eigenvalue weighted by molar-refractivity contribution is 0.660. The van der Waals surface area contributed by atoms with Gasteiger partial charge in [0, 0.05) is 126 Å². The van der Waals surface area contributed by atoms with E-state index in [9.17, 15) is 0 Å². The van der Waals surface area contributed by atoms with Crippen LogP contribution < -0.4 is 0 Å². The highest BCUT2D eigenvalue weighted by molar-refractivity contribution is 7.26. The van der Waals surface area contributed by atoms with Crippen LogP contribution >= 0.6 is 34.0 Å². The monoisotopic (exact) mass is 1620 g/mol. The van der Waals surface area contributed by atoms with E-state index < -0.39 is 0 Å². The summed E-state index contributed by atoms with van der Waals surface area (Å²) in [4.78, 5) is 0. The molecular weight excluding hydrogens is 1540 g/mol. The average Bonchev–Trinajstić information content (AvgIpc) is 1.56. The van der Waals surface area contributed by atoms with Gasteiger partial charge in [0.1, 0.15) is 0 Å². The summed E-state index contributed by atoms with van der Waals surface area (Å²) in [7, 11) is 0. The smallest absolute Gasteiger partial charge is 0.0634 e. The number of hydrogen-bond acceptors (Lipinski definition) is 3. The Balaban J connectivity index is 0.000000101. The van der Waals surface area contributed by atoms with Crippen molar-refractivity contribution in [2.75, 3.05) is 0 Å². The minimum absolute atomic E-state index is 0.0298. The lowest BCUT2D eigenvalue weighted by Gasteiger charge is -2.24. The van der Waals surface area contributed by atoms with Gasteiger partial charge in [0.05, 0.1) is 33.1 Å². The predicted molar refractivity (Wildman–Crippen MR) is 530 cm³/mol. The molecule has 0 saturated carbocycles. The van der Waals surface area contributed by atoms with E-state index in [2.05, 4.69) is 437 Å². The molecule has 123 heavy (non-hydrogen) atoms. The van der Waals surface area contributed by atoms with Crippen LogP contribution in [0.3, 0.4) is 0 Å². The molecule has 0 radical (unpaired) electrons. The summed E-state index contributed by atoms with van der Waals surface area (Å²) in [6, 6.07) is 142. The van der Waals surface area contributed by atoms with Gasteiger partial charge in [0.2, 0.25) is 0 Å². The molecule has 18 aromatic carbocycles. The third-order valence-corrected chi connectivity index (χ3v) is 31.0. The SMILES string of the molecule is CC1(C)c2ccccc2-c2cc(-c3ccc(-n4c5ccccc5c5cc6c(cc54)sc4ccccc46)cc3)ccc21.CC1(C)c2ccccc2-c2cc(-c3ccc(-n4c5ccccc5c5ccc6sc7ccccc7c6c54)cc3)ccc21.CC1(C)c2ccccc2-c2cccc(-c3ccc(-n4c5ccccc5c5c6c(ccc54)sc4ccccc46)cc3)c21. The highest BCUT2D eigenvalue weighted by Gasteiger charge is 2.39. The van der Waals surface area contributed by atoms with Crippen molar-refractivity contribution in [1.29, 1.82) is 0 Å². The van der Waals surface area contributed by atoms with E-state index in [0.29, 0.717) is 0 Å². The topological polar surface area (TPSA) is 14.8 Å². The maximum Gasteiger partial charge on any atom is 0.0634 e. The van der Waals surface area contributed by atoms with Crippen LogP contribution in [0.15, 0.2) is 382 Å². The number of nitrogens with zero attached hydrogens (tertiary/aromatic N) is 3. The fourth-order valence-electron chi connectivity index (χ4n) is 21.8. The van der Waals surface area contributed by atoms with Gasteiger partial charge in [-0.25, -0.2) is 0 Å². The van der Waals surface area contributed by atoms with Crippen molar-refractivity contribution < 1.29 is 0 Å². The van der Waals surface area contributed by atoms with Crippen LogP contribution in [-0.2, 0) is 16.2 Å². The summed E-state index contributed by atoms with van der Waals surface area (Å²) in [5.74, 6) is 0. The van der Waals surface area contributed by atoms with Crippen LogP contribution in [0.1, 0.15) is 74.9 Å². The second kappa shape index (κ2) is 27.0. The molecule has 0 N–H and O–H groups in total. The van der Waals surface area contributed by atoms with Crippen molar-refractivity contribution in [3.05, 3.63) is 416 Å². The number of para-hydroxylation sites is 3. The first kappa shape index (κ1) is 71.9. The van der Waals surface area contributed by atoms with Crippen LogP contribution in [0.2, 0.25) is 0 Å². The van der Waals surface area contributed by atoms with Crippen LogP contribution in [-0.4, -0.2) is 13.7 Å². The number of fused-ring (bicyclic) bond motifs is 29. The van der Waals surface area contributed by atoms with Gasteiger partial charge in [-0.05, 0) is 215 Å². The first-order valence-electron chi connectivity index (χ1n) is 42.8. The van der Waals surface area contributed by atoms with Crippen molar-refractivity contribution in [2.45, 2.75) is 57.8 Å². The lowest BCUT2D eigenvalue weighted by atomic mass is 9.79. The largest absolute Gasteiger partial charge is 0.309 e. The second-order valence-corrected chi connectivity index (χ2v) is 38.5. The molecule has 0 saturated heterocycles. The Kier molecular flexibility index (Phi) is 15.8. The molecule has 3 aliphatic rings. The van der Waals surface area contributed by atoms with E-state index in [-0.39, 0.29) is 16.2 Å². The van der Waals surface area contributed by atoms with Gasteiger partial charge in [-0.2, -0.15) is 0 Å². The lowest BCUT2D eigenvalue weighted by Crippen LogP contribution is -2.16. The van der Waals surface area contributed by atoms with Crippen LogP contribution in [0.5, 0.6) is 0 Å². The molecule has 27 rings (SSSR count). The summed E-state index contributed by atoms with van der Waals surface area (Å²) in [6.07, 6.45) is 0. The Morgan fingerprint density at radius 2 is 0.577 bits per heavy atom. The van der Waals surface area contributed by atoms with Gasteiger partial charge in [-0.1, -0.05) is 308 Å². The Bertz CT molecular complexity index is 8570. The molecular formula is C117H81N3S3. The van der Waals surface area contributed by atoms with Crippen LogP contribution in [0.4, 0.5) is 0 Å². The molecule has 0 unspecified atom stereocenters.